The molecule has 0 saturated carbocycles. The van der Waals surface area contributed by atoms with Gasteiger partial charge in [-0.3, -0.25) is 14.9 Å². The summed E-state index contributed by atoms with van der Waals surface area (Å²) < 4.78 is 5.53. The SMILES string of the molecule is CN=C(NCc1ccccn1)NCC1(N2CCOCC2)CCSC1. The predicted molar refractivity (Wildman–Crippen MR) is 99.5 cm³/mol. The van der Waals surface area contributed by atoms with E-state index in [1.54, 1.807) is 0 Å². The Morgan fingerprint density at radius 1 is 1.38 bits per heavy atom. The zero-order valence-electron chi connectivity index (χ0n) is 14.3. The number of pyridine rings is 1. The second kappa shape index (κ2) is 8.69. The summed E-state index contributed by atoms with van der Waals surface area (Å²) >= 11 is 2.05. The molecule has 2 saturated heterocycles. The highest BCUT2D eigenvalue weighted by atomic mass is 32.2. The number of thioether (sulfide) groups is 1. The van der Waals surface area contributed by atoms with Gasteiger partial charge in [0.2, 0.25) is 0 Å². The van der Waals surface area contributed by atoms with Crippen LogP contribution in [0.4, 0.5) is 0 Å². The molecule has 1 atom stereocenters. The van der Waals surface area contributed by atoms with Gasteiger partial charge < -0.3 is 15.4 Å². The third kappa shape index (κ3) is 4.40. The number of guanidine groups is 1. The van der Waals surface area contributed by atoms with Crippen LogP contribution in [0.5, 0.6) is 0 Å². The van der Waals surface area contributed by atoms with E-state index in [9.17, 15) is 0 Å². The maximum absolute atomic E-state index is 5.53. The quantitative estimate of drug-likeness (QED) is 0.610. The first kappa shape index (κ1) is 17.5. The van der Waals surface area contributed by atoms with Crippen molar-refractivity contribution in [2.75, 3.05) is 51.4 Å². The van der Waals surface area contributed by atoms with Crippen molar-refractivity contribution >= 4 is 17.7 Å². The molecule has 24 heavy (non-hydrogen) atoms. The molecule has 1 aromatic heterocycles. The summed E-state index contributed by atoms with van der Waals surface area (Å²) in [7, 11) is 1.82. The van der Waals surface area contributed by atoms with Gasteiger partial charge in [-0.1, -0.05) is 6.07 Å². The Morgan fingerprint density at radius 3 is 2.92 bits per heavy atom. The van der Waals surface area contributed by atoms with Crippen molar-refractivity contribution in [1.29, 1.82) is 0 Å². The van der Waals surface area contributed by atoms with E-state index in [0.717, 1.165) is 44.5 Å². The normalized spacial score (nSPS) is 25.6. The standard InChI is InChI=1S/C17H27N5OS/c1-18-16(20-12-15-4-2-3-6-19-15)21-13-17(5-11-24-14-17)22-7-9-23-10-8-22/h2-4,6H,5,7-14H2,1H3,(H2,18,20,21). The molecule has 0 radical (unpaired) electrons. The molecular weight excluding hydrogens is 322 g/mol. The highest BCUT2D eigenvalue weighted by Crippen LogP contribution is 2.33. The van der Waals surface area contributed by atoms with Gasteiger partial charge in [-0.05, 0) is 24.3 Å². The first-order chi connectivity index (χ1) is 11.8. The Kier molecular flexibility index (Phi) is 6.34. The highest BCUT2D eigenvalue weighted by molar-refractivity contribution is 7.99. The monoisotopic (exact) mass is 349 g/mol. The van der Waals surface area contributed by atoms with Gasteiger partial charge >= 0.3 is 0 Å². The van der Waals surface area contributed by atoms with Crippen LogP contribution in [-0.4, -0.2) is 72.8 Å². The molecular formula is C17H27N5OS. The fraction of sp³-hybridized carbons (Fsp3) is 0.647. The number of nitrogens with zero attached hydrogens (tertiary/aromatic N) is 3. The third-order valence-electron chi connectivity index (χ3n) is 4.74. The van der Waals surface area contributed by atoms with E-state index in [-0.39, 0.29) is 5.54 Å². The van der Waals surface area contributed by atoms with E-state index in [1.807, 2.05) is 31.4 Å². The number of rotatable bonds is 5. The van der Waals surface area contributed by atoms with E-state index in [4.69, 9.17) is 4.74 Å². The Balaban J connectivity index is 1.54. The first-order valence-electron chi connectivity index (χ1n) is 8.57. The third-order valence-corrected chi connectivity index (χ3v) is 5.97. The van der Waals surface area contributed by atoms with Crippen molar-refractivity contribution in [3.8, 4) is 0 Å². The summed E-state index contributed by atoms with van der Waals surface area (Å²) in [6, 6.07) is 5.95. The number of ether oxygens (including phenoxy) is 1. The van der Waals surface area contributed by atoms with Crippen molar-refractivity contribution in [2.24, 2.45) is 4.99 Å². The molecule has 3 heterocycles. The van der Waals surface area contributed by atoms with Crippen LogP contribution in [0.25, 0.3) is 0 Å². The molecule has 7 heteroatoms. The maximum Gasteiger partial charge on any atom is 0.191 e. The van der Waals surface area contributed by atoms with Gasteiger partial charge in [0.1, 0.15) is 0 Å². The number of hydrogen-bond acceptors (Lipinski definition) is 5. The largest absolute Gasteiger partial charge is 0.379 e. The van der Waals surface area contributed by atoms with Gasteiger partial charge in [0.25, 0.3) is 0 Å². The highest BCUT2D eigenvalue weighted by Gasteiger charge is 2.40. The minimum absolute atomic E-state index is 0.219. The lowest BCUT2D eigenvalue weighted by atomic mass is 9.95. The number of aliphatic imine (C=N–C) groups is 1. The molecule has 2 aliphatic rings. The molecule has 0 bridgehead atoms. The molecule has 0 amide bonds. The minimum atomic E-state index is 0.219. The van der Waals surface area contributed by atoms with Crippen LogP contribution >= 0.6 is 11.8 Å². The molecule has 132 valence electrons. The van der Waals surface area contributed by atoms with Crippen molar-refractivity contribution in [3.05, 3.63) is 30.1 Å². The summed E-state index contributed by atoms with van der Waals surface area (Å²) in [4.78, 5) is 11.3. The molecule has 0 aromatic carbocycles. The summed E-state index contributed by atoms with van der Waals surface area (Å²) in [6.45, 7) is 5.35. The summed E-state index contributed by atoms with van der Waals surface area (Å²) in [6.07, 6.45) is 3.04. The number of hydrogen-bond donors (Lipinski definition) is 2. The number of aromatic nitrogens is 1. The Morgan fingerprint density at radius 2 is 2.25 bits per heavy atom. The van der Waals surface area contributed by atoms with Crippen LogP contribution in [0.3, 0.4) is 0 Å². The van der Waals surface area contributed by atoms with E-state index in [1.165, 1.54) is 17.9 Å². The van der Waals surface area contributed by atoms with Gasteiger partial charge in [-0.2, -0.15) is 11.8 Å². The average molecular weight is 350 g/mol. The zero-order chi connectivity index (χ0) is 16.7. The lowest BCUT2D eigenvalue weighted by molar-refractivity contribution is -0.0120. The number of nitrogens with one attached hydrogen (secondary N) is 2. The smallest absolute Gasteiger partial charge is 0.191 e. The predicted octanol–water partition coefficient (Wildman–Crippen LogP) is 0.954. The van der Waals surface area contributed by atoms with Crippen LogP contribution in [0, 0.1) is 0 Å². The van der Waals surface area contributed by atoms with Crippen LogP contribution in [0.2, 0.25) is 0 Å². The molecule has 6 nitrogen and oxygen atoms in total. The fourth-order valence-electron chi connectivity index (χ4n) is 3.28. The van der Waals surface area contributed by atoms with Crippen molar-refractivity contribution in [3.63, 3.8) is 0 Å². The molecule has 1 unspecified atom stereocenters. The first-order valence-corrected chi connectivity index (χ1v) is 9.73. The van der Waals surface area contributed by atoms with Gasteiger partial charge in [0.05, 0.1) is 25.5 Å². The lowest BCUT2D eigenvalue weighted by Crippen LogP contribution is -2.60. The van der Waals surface area contributed by atoms with E-state index in [0.29, 0.717) is 6.54 Å². The fourth-order valence-corrected chi connectivity index (χ4v) is 4.76. The van der Waals surface area contributed by atoms with Crippen LogP contribution in [-0.2, 0) is 11.3 Å². The average Bonchev–Trinajstić information content (AvgIpc) is 3.14. The minimum Gasteiger partial charge on any atom is -0.379 e. The van der Waals surface area contributed by atoms with Crippen LogP contribution in [0.1, 0.15) is 12.1 Å². The molecule has 1 aromatic rings. The second-order valence-corrected chi connectivity index (χ2v) is 7.33. The van der Waals surface area contributed by atoms with Gasteiger partial charge in [-0.25, -0.2) is 0 Å². The second-order valence-electron chi connectivity index (χ2n) is 6.23. The Hall–Kier alpha value is -1.31. The van der Waals surface area contributed by atoms with Crippen molar-refractivity contribution in [2.45, 2.75) is 18.5 Å². The maximum atomic E-state index is 5.53. The molecule has 2 N–H and O–H groups in total. The Bertz CT molecular complexity index is 527. The summed E-state index contributed by atoms with van der Waals surface area (Å²) in [5.41, 5.74) is 1.23. The molecule has 3 rings (SSSR count). The van der Waals surface area contributed by atoms with E-state index < -0.39 is 0 Å². The summed E-state index contributed by atoms with van der Waals surface area (Å²) in [5, 5.41) is 6.89. The van der Waals surface area contributed by atoms with Gasteiger partial charge in [0.15, 0.2) is 5.96 Å². The van der Waals surface area contributed by atoms with Gasteiger partial charge in [0, 0.05) is 44.2 Å². The van der Waals surface area contributed by atoms with Gasteiger partial charge in [-0.15, -0.1) is 0 Å². The Labute approximate surface area is 148 Å². The molecule has 0 aliphatic carbocycles. The lowest BCUT2D eigenvalue weighted by Gasteiger charge is -2.43. The van der Waals surface area contributed by atoms with Crippen LogP contribution in [0.15, 0.2) is 29.4 Å². The van der Waals surface area contributed by atoms with Crippen molar-refractivity contribution < 1.29 is 4.74 Å². The number of morpholine rings is 1. The molecule has 2 fully saturated rings. The van der Waals surface area contributed by atoms with Crippen molar-refractivity contribution in [1.82, 2.24) is 20.5 Å². The topological polar surface area (TPSA) is 61.8 Å². The zero-order valence-corrected chi connectivity index (χ0v) is 15.1. The van der Waals surface area contributed by atoms with E-state index >= 15 is 0 Å². The molecule has 2 aliphatic heterocycles. The van der Waals surface area contributed by atoms with E-state index in [2.05, 4.69) is 37.3 Å². The molecule has 0 spiro atoms. The van der Waals surface area contributed by atoms with Crippen LogP contribution < -0.4 is 10.6 Å². The summed E-state index contributed by atoms with van der Waals surface area (Å²) in [5.74, 6) is 3.25.